The number of rotatable bonds is 5. The van der Waals surface area contributed by atoms with E-state index in [1.54, 1.807) is 20.5 Å². The molecule has 4 rings (SSSR count). The Bertz CT molecular complexity index is 1200. The van der Waals surface area contributed by atoms with E-state index in [-0.39, 0.29) is 0 Å². The minimum atomic E-state index is 0.607. The standard InChI is InChI=1S/C23H21N3O3/c1-26-15-24-23(19-13-21(27-2)22(28-3)14-20(19)26)25-16-9-11-18(12-10-16)29-17-7-5-4-6-8-17/h4-15H,1-3H3. The van der Waals surface area contributed by atoms with Gasteiger partial charge in [-0.05, 0) is 42.5 Å². The summed E-state index contributed by atoms with van der Waals surface area (Å²) in [5, 5.41) is 0.872. The summed E-state index contributed by atoms with van der Waals surface area (Å²) >= 11 is 0. The zero-order valence-electron chi connectivity index (χ0n) is 16.5. The van der Waals surface area contributed by atoms with Gasteiger partial charge in [0, 0.05) is 18.5 Å². The number of para-hydroxylation sites is 1. The zero-order valence-corrected chi connectivity index (χ0v) is 16.5. The number of methoxy groups -OCH3 is 2. The van der Waals surface area contributed by atoms with Crippen LogP contribution in [-0.4, -0.2) is 23.8 Å². The average Bonchev–Trinajstić information content (AvgIpc) is 2.77. The van der Waals surface area contributed by atoms with Gasteiger partial charge in [-0.1, -0.05) is 18.2 Å². The zero-order chi connectivity index (χ0) is 20.2. The first-order valence-electron chi connectivity index (χ1n) is 9.13. The van der Waals surface area contributed by atoms with Gasteiger partial charge in [0.05, 0.1) is 31.8 Å². The fourth-order valence-corrected chi connectivity index (χ4v) is 3.04. The highest BCUT2D eigenvalue weighted by molar-refractivity contribution is 5.82. The highest BCUT2D eigenvalue weighted by Gasteiger charge is 2.09. The monoisotopic (exact) mass is 387 g/mol. The predicted octanol–water partition coefficient (Wildman–Crippen LogP) is 4.62. The molecule has 1 heterocycles. The predicted molar refractivity (Wildman–Crippen MR) is 112 cm³/mol. The maximum atomic E-state index is 5.83. The summed E-state index contributed by atoms with van der Waals surface area (Å²) in [6, 6.07) is 21.1. The van der Waals surface area contributed by atoms with Crippen molar-refractivity contribution in [3.8, 4) is 23.0 Å². The third-order valence-electron chi connectivity index (χ3n) is 4.53. The van der Waals surface area contributed by atoms with Gasteiger partial charge >= 0.3 is 0 Å². The fraction of sp³-hybridized carbons (Fsp3) is 0.130. The van der Waals surface area contributed by atoms with Gasteiger partial charge in [0.15, 0.2) is 17.0 Å². The number of hydrogen-bond donors (Lipinski definition) is 0. The summed E-state index contributed by atoms with van der Waals surface area (Å²) in [5.74, 6) is 2.84. The Hall–Kier alpha value is -3.80. The number of fused-ring (bicyclic) bond motifs is 1. The van der Waals surface area contributed by atoms with Crippen molar-refractivity contribution in [3.63, 3.8) is 0 Å². The van der Waals surface area contributed by atoms with Crippen molar-refractivity contribution >= 4 is 16.6 Å². The lowest BCUT2D eigenvalue weighted by Crippen LogP contribution is -2.12. The molecule has 6 nitrogen and oxygen atoms in total. The Morgan fingerprint density at radius 2 is 1.48 bits per heavy atom. The molecule has 0 amide bonds. The van der Waals surface area contributed by atoms with Crippen LogP contribution < -0.4 is 19.7 Å². The molecule has 3 aromatic carbocycles. The molecule has 0 atom stereocenters. The molecule has 6 heteroatoms. The van der Waals surface area contributed by atoms with Crippen LogP contribution in [0.25, 0.3) is 10.9 Å². The number of aromatic nitrogens is 2. The van der Waals surface area contributed by atoms with Gasteiger partial charge in [-0.15, -0.1) is 0 Å². The molecular formula is C23H21N3O3. The van der Waals surface area contributed by atoms with E-state index in [4.69, 9.17) is 19.2 Å². The maximum Gasteiger partial charge on any atom is 0.163 e. The Morgan fingerprint density at radius 3 is 2.17 bits per heavy atom. The van der Waals surface area contributed by atoms with E-state index in [0.717, 1.165) is 28.1 Å². The molecule has 0 saturated heterocycles. The quantitative estimate of drug-likeness (QED) is 0.502. The van der Waals surface area contributed by atoms with E-state index in [9.17, 15) is 0 Å². The molecule has 0 aliphatic rings. The molecule has 0 saturated carbocycles. The number of nitrogens with zero attached hydrogens (tertiary/aromatic N) is 3. The van der Waals surface area contributed by atoms with E-state index in [0.29, 0.717) is 17.0 Å². The van der Waals surface area contributed by atoms with Crippen LogP contribution in [-0.2, 0) is 7.05 Å². The summed E-state index contributed by atoms with van der Waals surface area (Å²) < 4.78 is 18.6. The Labute approximate surface area is 168 Å². The normalized spacial score (nSPS) is 11.5. The second kappa shape index (κ2) is 8.06. The largest absolute Gasteiger partial charge is 0.493 e. The van der Waals surface area contributed by atoms with Crippen molar-refractivity contribution in [1.29, 1.82) is 0 Å². The highest BCUT2D eigenvalue weighted by atomic mass is 16.5. The van der Waals surface area contributed by atoms with Crippen molar-refractivity contribution < 1.29 is 14.2 Å². The van der Waals surface area contributed by atoms with Gasteiger partial charge in [0.25, 0.3) is 0 Å². The minimum absolute atomic E-state index is 0.607. The first-order chi connectivity index (χ1) is 14.2. The van der Waals surface area contributed by atoms with Crippen molar-refractivity contribution in [3.05, 3.63) is 78.5 Å². The van der Waals surface area contributed by atoms with Crippen LogP contribution in [0, 0.1) is 0 Å². The van der Waals surface area contributed by atoms with Gasteiger partial charge in [-0.3, -0.25) is 0 Å². The van der Waals surface area contributed by atoms with Crippen molar-refractivity contribution in [2.75, 3.05) is 14.2 Å². The second-order valence-corrected chi connectivity index (χ2v) is 6.42. The van der Waals surface area contributed by atoms with Gasteiger partial charge < -0.3 is 18.8 Å². The number of benzene rings is 3. The fourth-order valence-electron chi connectivity index (χ4n) is 3.04. The van der Waals surface area contributed by atoms with Crippen molar-refractivity contribution in [1.82, 2.24) is 9.55 Å². The number of hydrogen-bond acceptors (Lipinski definition) is 5. The first-order valence-corrected chi connectivity index (χ1v) is 9.13. The van der Waals surface area contributed by atoms with Crippen LogP contribution in [0.1, 0.15) is 0 Å². The minimum Gasteiger partial charge on any atom is -0.493 e. The topological polar surface area (TPSA) is 57.9 Å². The first kappa shape index (κ1) is 18.6. The molecule has 0 spiro atoms. The van der Waals surface area contributed by atoms with Crippen LogP contribution in [0.15, 0.2) is 78.0 Å². The van der Waals surface area contributed by atoms with Crippen LogP contribution in [0.2, 0.25) is 0 Å². The van der Waals surface area contributed by atoms with Gasteiger partial charge in [-0.25, -0.2) is 9.98 Å². The van der Waals surface area contributed by atoms with E-state index < -0.39 is 0 Å². The van der Waals surface area contributed by atoms with Crippen molar-refractivity contribution in [2.24, 2.45) is 12.0 Å². The molecule has 0 aliphatic heterocycles. The summed E-state index contributed by atoms with van der Waals surface area (Å²) in [6.07, 6.45) is 1.74. The van der Waals surface area contributed by atoms with E-state index >= 15 is 0 Å². The number of aryl methyl sites for hydroxylation is 1. The Morgan fingerprint density at radius 1 is 0.828 bits per heavy atom. The molecule has 0 fully saturated rings. The smallest absolute Gasteiger partial charge is 0.163 e. The molecule has 1 aromatic heterocycles. The lowest BCUT2D eigenvalue weighted by molar-refractivity contribution is 0.355. The summed E-state index contributed by atoms with van der Waals surface area (Å²) in [6.45, 7) is 0. The molecule has 4 aromatic rings. The van der Waals surface area contributed by atoms with Crippen molar-refractivity contribution in [2.45, 2.75) is 0 Å². The Balaban J connectivity index is 1.73. The summed E-state index contributed by atoms with van der Waals surface area (Å²) in [7, 11) is 5.16. The van der Waals surface area contributed by atoms with Gasteiger partial charge in [0.2, 0.25) is 0 Å². The van der Waals surface area contributed by atoms with E-state index in [2.05, 4.69) is 4.98 Å². The van der Waals surface area contributed by atoms with Gasteiger partial charge in [-0.2, -0.15) is 0 Å². The highest BCUT2D eigenvalue weighted by Crippen LogP contribution is 2.30. The lowest BCUT2D eigenvalue weighted by atomic mass is 10.2. The SMILES string of the molecule is COc1cc2c(=Nc3ccc(Oc4ccccc4)cc3)ncn(C)c2cc1OC. The molecule has 146 valence electrons. The summed E-state index contributed by atoms with van der Waals surface area (Å²) in [4.78, 5) is 9.20. The second-order valence-electron chi connectivity index (χ2n) is 6.42. The Kier molecular flexibility index (Phi) is 5.16. The lowest BCUT2D eigenvalue weighted by Gasteiger charge is -2.11. The van der Waals surface area contributed by atoms with E-state index in [1.807, 2.05) is 78.3 Å². The van der Waals surface area contributed by atoms with Crippen LogP contribution in [0.5, 0.6) is 23.0 Å². The van der Waals surface area contributed by atoms with Gasteiger partial charge in [0.1, 0.15) is 11.5 Å². The van der Waals surface area contributed by atoms with E-state index in [1.165, 1.54) is 0 Å². The van der Waals surface area contributed by atoms with Crippen LogP contribution in [0.4, 0.5) is 5.69 Å². The molecule has 0 radical (unpaired) electrons. The maximum absolute atomic E-state index is 5.83. The average molecular weight is 387 g/mol. The molecule has 29 heavy (non-hydrogen) atoms. The molecular weight excluding hydrogens is 366 g/mol. The number of ether oxygens (including phenoxy) is 3. The molecule has 0 N–H and O–H groups in total. The van der Waals surface area contributed by atoms with Crippen LogP contribution in [0.3, 0.4) is 0 Å². The third kappa shape index (κ3) is 3.91. The molecule has 0 bridgehead atoms. The summed E-state index contributed by atoms with van der Waals surface area (Å²) in [5.41, 5.74) is 2.33. The van der Waals surface area contributed by atoms with Crippen LogP contribution >= 0.6 is 0 Å². The third-order valence-corrected chi connectivity index (χ3v) is 4.53. The molecule has 0 unspecified atom stereocenters. The molecule has 0 aliphatic carbocycles.